The van der Waals surface area contributed by atoms with Gasteiger partial charge in [0.2, 0.25) is 0 Å². The number of rotatable bonds is 6. The Morgan fingerprint density at radius 3 is 2.27 bits per heavy atom. The molecule has 1 atom stereocenters. The van der Waals surface area contributed by atoms with Crippen molar-refractivity contribution in [3.05, 3.63) is 89.7 Å². The number of aliphatic carboxylic acids is 1. The Balaban J connectivity index is 1.30. The maximum atomic E-state index is 12.6. The fraction of sp³-hybridized carbons (Fsp3) is 0.192. The maximum absolute atomic E-state index is 12.6. The van der Waals surface area contributed by atoms with Crippen LogP contribution in [0, 0.1) is 6.92 Å². The molecule has 7 heteroatoms. The van der Waals surface area contributed by atoms with Gasteiger partial charge in [-0.25, -0.2) is 14.6 Å². The topological polar surface area (TPSA) is 93.5 Å². The van der Waals surface area contributed by atoms with E-state index in [2.05, 4.69) is 22.4 Å². The monoisotopic (exact) mass is 441 g/mol. The molecule has 1 aliphatic rings. The number of para-hydroxylation sites is 2. The number of nitrogens with one attached hydrogen (secondary N) is 1. The van der Waals surface area contributed by atoms with Crippen molar-refractivity contribution >= 4 is 23.1 Å². The number of ether oxygens (including phenoxy) is 1. The summed E-state index contributed by atoms with van der Waals surface area (Å²) in [5, 5.41) is 12.2. The zero-order valence-corrected chi connectivity index (χ0v) is 18.1. The van der Waals surface area contributed by atoms with E-state index in [9.17, 15) is 14.7 Å². The first kappa shape index (κ1) is 20.8. The number of amides is 1. The molecule has 0 spiro atoms. The summed E-state index contributed by atoms with van der Waals surface area (Å²) in [6, 6.07) is 22.5. The number of carbonyl (C=O) groups is 2. The average molecular weight is 441 g/mol. The normalized spacial score (nSPS) is 13.4. The van der Waals surface area contributed by atoms with Gasteiger partial charge in [-0.2, -0.15) is 0 Å². The van der Waals surface area contributed by atoms with Gasteiger partial charge < -0.3 is 19.7 Å². The van der Waals surface area contributed by atoms with E-state index >= 15 is 0 Å². The van der Waals surface area contributed by atoms with Gasteiger partial charge in [0.1, 0.15) is 18.5 Å². The smallest absolute Gasteiger partial charge is 0.407 e. The molecule has 1 aliphatic carbocycles. The largest absolute Gasteiger partial charge is 0.480 e. The Bertz CT molecular complexity index is 1320. The summed E-state index contributed by atoms with van der Waals surface area (Å²) in [7, 11) is 0. The van der Waals surface area contributed by atoms with Crippen LogP contribution < -0.4 is 5.32 Å². The van der Waals surface area contributed by atoms with Crippen LogP contribution in [0.15, 0.2) is 72.8 Å². The molecular formula is C26H23N3O4. The zero-order chi connectivity index (χ0) is 22.9. The van der Waals surface area contributed by atoms with Gasteiger partial charge in [0.15, 0.2) is 0 Å². The van der Waals surface area contributed by atoms with Crippen LogP contribution in [0.4, 0.5) is 4.79 Å². The Morgan fingerprint density at radius 2 is 1.61 bits per heavy atom. The van der Waals surface area contributed by atoms with E-state index in [1.165, 1.54) is 0 Å². The number of alkyl carbamates (subject to hydrolysis) is 1. The molecular weight excluding hydrogens is 418 g/mol. The van der Waals surface area contributed by atoms with E-state index in [1.807, 2.05) is 67.6 Å². The Morgan fingerprint density at radius 1 is 1.00 bits per heavy atom. The number of hydrogen-bond acceptors (Lipinski definition) is 4. The van der Waals surface area contributed by atoms with Crippen molar-refractivity contribution < 1.29 is 19.4 Å². The van der Waals surface area contributed by atoms with Crippen molar-refractivity contribution in [1.82, 2.24) is 14.9 Å². The third kappa shape index (κ3) is 3.82. The van der Waals surface area contributed by atoms with Crippen LogP contribution in [0.3, 0.4) is 0 Å². The number of fused-ring (bicyclic) bond motifs is 4. The first-order valence-corrected chi connectivity index (χ1v) is 10.8. The van der Waals surface area contributed by atoms with Crippen molar-refractivity contribution in [2.75, 3.05) is 6.61 Å². The standard InChI is InChI=1S/C26H23N3O4/c1-16-27-22-12-6-7-13-24(22)29(16)14-23(25(30)31)28-26(32)33-15-21-19-10-4-2-8-17(19)18-9-3-5-11-20(18)21/h2-13,21,23H,14-15H2,1H3,(H,28,32)(H,30,31). The molecule has 1 amide bonds. The minimum absolute atomic E-state index is 0.0475. The van der Waals surface area contributed by atoms with Gasteiger partial charge in [-0.3, -0.25) is 0 Å². The molecule has 0 saturated carbocycles. The molecule has 2 N–H and O–H groups in total. The number of carboxylic acid groups (broad SMARTS) is 1. The van der Waals surface area contributed by atoms with Crippen LogP contribution in [0.1, 0.15) is 22.9 Å². The minimum atomic E-state index is -1.16. The van der Waals surface area contributed by atoms with Crippen LogP contribution in [0.2, 0.25) is 0 Å². The molecule has 4 aromatic rings. The first-order valence-electron chi connectivity index (χ1n) is 10.8. The average Bonchev–Trinajstić information content (AvgIpc) is 3.31. The minimum Gasteiger partial charge on any atom is -0.480 e. The Labute approximate surface area is 190 Å². The van der Waals surface area contributed by atoms with E-state index in [-0.39, 0.29) is 19.1 Å². The molecule has 166 valence electrons. The van der Waals surface area contributed by atoms with Crippen LogP contribution in [0.25, 0.3) is 22.2 Å². The molecule has 1 aromatic heterocycles. The van der Waals surface area contributed by atoms with Gasteiger partial charge in [-0.15, -0.1) is 0 Å². The molecule has 0 aliphatic heterocycles. The van der Waals surface area contributed by atoms with Crippen molar-refractivity contribution in [2.45, 2.75) is 25.4 Å². The molecule has 7 nitrogen and oxygen atoms in total. The van der Waals surface area contributed by atoms with Crippen LogP contribution in [-0.2, 0) is 16.1 Å². The second kappa shape index (κ2) is 8.43. The number of imidazole rings is 1. The highest BCUT2D eigenvalue weighted by Gasteiger charge is 2.30. The number of aryl methyl sites for hydroxylation is 1. The molecule has 5 rings (SSSR count). The maximum Gasteiger partial charge on any atom is 0.407 e. The number of benzene rings is 3. The van der Waals surface area contributed by atoms with Gasteiger partial charge in [-0.05, 0) is 41.3 Å². The second-order valence-corrected chi connectivity index (χ2v) is 8.12. The third-order valence-corrected chi connectivity index (χ3v) is 6.14. The van der Waals surface area contributed by atoms with E-state index in [4.69, 9.17) is 4.74 Å². The summed E-state index contributed by atoms with van der Waals surface area (Å²) < 4.78 is 7.31. The van der Waals surface area contributed by atoms with Crippen molar-refractivity contribution in [2.24, 2.45) is 0 Å². The van der Waals surface area contributed by atoms with E-state index < -0.39 is 18.1 Å². The summed E-state index contributed by atoms with van der Waals surface area (Å²) in [5.41, 5.74) is 6.06. The van der Waals surface area contributed by atoms with E-state index in [0.717, 1.165) is 33.3 Å². The molecule has 1 unspecified atom stereocenters. The molecule has 0 radical (unpaired) electrons. The lowest BCUT2D eigenvalue weighted by atomic mass is 9.98. The van der Waals surface area contributed by atoms with E-state index in [1.54, 1.807) is 4.57 Å². The Hall–Kier alpha value is -4.13. The van der Waals surface area contributed by atoms with Crippen LogP contribution in [0.5, 0.6) is 0 Å². The van der Waals surface area contributed by atoms with Gasteiger partial charge in [0.05, 0.1) is 17.6 Å². The van der Waals surface area contributed by atoms with Gasteiger partial charge in [-0.1, -0.05) is 60.7 Å². The summed E-state index contributed by atoms with van der Waals surface area (Å²) >= 11 is 0. The lowest BCUT2D eigenvalue weighted by Gasteiger charge is -2.18. The molecule has 1 heterocycles. The second-order valence-electron chi connectivity index (χ2n) is 8.12. The quantitative estimate of drug-likeness (QED) is 0.464. The van der Waals surface area contributed by atoms with Crippen molar-refractivity contribution in [3.8, 4) is 11.1 Å². The van der Waals surface area contributed by atoms with E-state index in [0.29, 0.717) is 5.82 Å². The lowest BCUT2D eigenvalue weighted by molar-refractivity contribution is -0.139. The van der Waals surface area contributed by atoms with Crippen LogP contribution in [-0.4, -0.2) is 39.4 Å². The lowest BCUT2D eigenvalue weighted by Crippen LogP contribution is -2.44. The van der Waals surface area contributed by atoms with Gasteiger partial charge in [0, 0.05) is 5.92 Å². The summed E-state index contributed by atoms with van der Waals surface area (Å²) in [6.45, 7) is 1.98. The number of nitrogens with zero attached hydrogens (tertiary/aromatic N) is 2. The van der Waals surface area contributed by atoms with Crippen molar-refractivity contribution in [3.63, 3.8) is 0 Å². The number of hydrogen-bond donors (Lipinski definition) is 2. The first-order chi connectivity index (χ1) is 16.0. The molecule has 0 fully saturated rings. The fourth-order valence-electron chi connectivity index (χ4n) is 4.58. The molecule has 0 saturated heterocycles. The number of carboxylic acids is 1. The SMILES string of the molecule is Cc1nc2ccccc2n1CC(NC(=O)OCC1c2ccccc2-c2ccccc21)C(=O)O. The summed E-state index contributed by atoms with van der Waals surface area (Å²) in [6.07, 6.45) is -0.758. The van der Waals surface area contributed by atoms with Crippen molar-refractivity contribution in [1.29, 1.82) is 0 Å². The summed E-state index contributed by atoms with van der Waals surface area (Å²) in [4.78, 5) is 28.9. The van der Waals surface area contributed by atoms with Crippen LogP contribution >= 0.6 is 0 Å². The molecule has 0 bridgehead atoms. The fourth-order valence-corrected chi connectivity index (χ4v) is 4.58. The van der Waals surface area contributed by atoms with Gasteiger partial charge >= 0.3 is 12.1 Å². The Kier molecular flexibility index (Phi) is 5.30. The highest BCUT2D eigenvalue weighted by atomic mass is 16.5. The molecule has 3 aromatic carbocycles. The van der Waals surface area contributed by atoms with Gasteiger partial charge in [0.25, 0.3) is 0 Å². The predicted molar refractivity (Wildman–Crippen MR) is 124 cm³/mol. The third-order valence-electron chi connectivity index (χ3n) is 6.14. The summed E-state index contributed by atoms with van der Waals surface area (Å²) in [5.74, 6) is -0.552. The highest BCUT2D eigenvalue weighted by Crippen LogP contribution is 2.44. The predicted octanol–water partition coefficient (Wildman–Crippen LogP) is 4.34. The zero-order valence-electron chi connectivity index (χ0n) is 18.1. The molecule has 33 heavy (non-hydrogen) atoms. The number of carbonyl (C=O) groups excluding carboxylic acids is 1. The highest BCUT2D eigenvalue weighted by molar-refractivity contribution is 5.82. The number of aromatic nitrogens is 2.